The van der Waals surface area contributed by atoms with Crippen molar-refractivity contribution in [1.29, 1.82) is 5.26 Å². The van der Waals surface area contributed by atoms with E-state index in [1.54, 1.807) is 36.4 Å². The number of oxazole rings is 1. The van der Waals surface area contributed by atoms with E-state index in [2.05, 4.69) is 4.98 Å². The van der Waals surface area contributed by atoms with Crippen LogP contribution in [0.4, 0.5) is 0 Å². The van der Waals surface area contributed by atoms with Crippen LogP contribution in [0.5, 0.6) is 0 Å². The van der Waals surface area contributed by atoms with Gasteiger partial charge in [0, 0.05) is 6.08 Å². The molecule has 2 aromatic carbocycles. The van der Waals surface area contributed by atoms with Crippen molar-refractivity contribution in [2.45, 2.75) is 6.61 Å². The Kier molecular flexibility index (Phi) is 4.16. The van der Waals surface area contributed by atoms with Crippen LogP contribution in [0.2, 0.25) is 0 Å². The Morgan fingerprint density at radius 1 is 1.22 bits per heavy atom. The largest absolute Gasteiger partial charge is 0.453 e. The Balaban J connectivity index is 1.58. The molecule has 0 atom stereocenters. The van der Waals surface area contributed by atoms with Crippen LogP contribution in [-0.4, -0.2) is 11.0 Å². The molecule has 0 N–H and O–H groups in total. The van der Waals surface area contributed by atoms with Crippen molar-refractivity contribution in [3.05, 3.63) is 71.6 Å². The van der Waals surface area contributed by atoms with Crippen molar-refractivity contribution < 1.29 is 13.9 Å². The minimum absolute atomic E-state index is 0.0226. The van der Waals surface area contributed by atoms with E-state index in [1.165, 1.54) is 6.08 Å². The number of carbonyl (C=O) groups is 1. The molecule has 5 nitrogen and oxygen atoms in total. The molecule has 3 rings (SSSR count). The van der Waals surface area contributed by atoms with Gasteiger partial charge >= 0.3 is 5.97 Å². The third-order valence-corrected chi connectivity index (χ3v) is 3.13. The Labute approximate surface area is 132 Å². The lowest BCUT2D eigenvalue weighted by atomic mass is 10.1. The van der Waals surface area contributed by atoms with Gasteiger partial charge in [-0.25, -0.2) is 9.78 Å². The fraction of sp³-hybridized carbons (Fsp3) is 0.0556. The lowest BCUT2D eigenvalue weighted by Crippen LogP contribution is -2.00. The highest BCUT2D eigenvalue weighted by atomic mass is 16.5. The molecule has 112 valence electrons. The average molecular weight is 304 g/mol. The first kappa shape index (κ1) is 14.5. The molecule has 0 saturated carbocycles. The van der Waals surface area contributed by atoms with Crippen LogP contribution in [0.25, 0.3) is 17.2 Å². The first-order valence-corrected chi connectivity index (χ1v) is 6.94. The number of ether oxygens (including phenoxy) is 1. The molecular weight excluding hydrogens is 292 g/mol. The van der Waals surface area contributed by atoms with Crippen LogP contribution in [0, 0.1) is 11.3 Å². The molecule has 0 spiro atoms. The molecule has 0 saturated heterocycles. The topological polar surface area (TPSA) is 76.1 Å². The van der Waals surface area contributed by atoms with Crippen LogP contribution in [-0.2, 0) is 16.1 Å². The van der Waals surface area contributed by atoms with Gasteiger partial charge in [-0.05, 0) is 35.9 Å². The highest BCUT2D eigenvalue weighted by Gasteiger charge is 2.06. The van der Waals surface area contributed by atoms with Crippen molar-refractivity contribution in [3.8, 4) is 6.07 Å². The van der Waals surface area contributed by atoms with E-state index in [-0.39, 0.29) is 6.61 Å². The summed E-state index contributed by atoms with van der Waals surface area (Å²) >= 11 is 0. The predicted molar refractivity (Wildman–Crippen MR) is 84.0 cm³/mol. The minimum atomic E-state index is -0.489. The SMILES string of the molecule is N#Cc1ccc(/C=C/C(=O)OCc2nc3ccccc3o2)cc1. The fourth-order valence-corrected chi connectivity index (χ4v) is 2.00. The van der Waals surface area contributed by atoms with Crippen molar-refractivity contribution in [2.75, 3.05) is 0 Å². The summed E-state index contributed by atoms with van der Waals surface area (Å²) in [4.78, 5) is 15.9. The second-order valence-electron chi connectivity index (χ2n) is 4.75. The molecule has 0 aliphatic carbocycles. The van der Waals surface area contributed by atoms with Gasteiger partial charge in [0.15, 0.2) is 12.2 Å². The van der Waals surface area contributed by atoms with Gasteiger partial charge in [0.1, 0.15) is 5.52 Å². The number of nitriles is 1. The number of aromatic nitrogens is 1. The smallest absolute Gasteiger partial charge is 0.331 e. The summed E-state index contributed by atoms with van der Waals surface area (Å²) in [5.41, 5.74) is 2.77. The standard InChI is InChI=1S/C18H12N2O3/c19-11-14-7-5-13(6-8-14)9-10-18(21)22-12-17-20-15-3-1-2-4-16(15)23-17/h1-10H,12H2/b10-9+. The van der Waals surface area contributed by atoms with Gasteiger partial charge in [0.25, 0.3) is 0 Å². The van der Waals surface area contributed by atoms with Crippen LogP contribution in [0.15, 0.2) is 59.0 Å². The predicted octanol–water partition coefficient (Wildman–Crippen LogP) is 3.46. The van der Waals surface area contributed by atoms with Crippen LogP contribution in [0.3, 0.4) is 0 Å². The molecule has 0 bridgehead atoms. The number of carbonyl (C=O) groups excluding carboxylic acids is 1. The summed E-state index contributed by atoms with van der Waals surface area (Å²) in [7, 11) is 0. The van der Waals surface area contributed by atoms with Gasteiger partial charge in [-0.1, -0.05) is 24.3 Å². The monoisotopic (exact) mass is 304 g/mol. The Hall–Kier alpha value is -3.39. The van der Waals surface area contributed by atoms with Crippen molar-refractivity contribution in [3.63, 3.8) is 0 Å². The van der Waals surface area contributed by atoms with Gasteiger partial charge in [-0.3, -0.25) is 0 Å². The highest BCUT2D eigenvalue weighted by Crippen LogP contribution is 2.15. The van der Waals surface area contributed by atoms with E-state index < -0.39 is 5.97 Å². The maximum Gasteiger partial charge on any atom is 0.331 e. The van der Waals surface area contributed by atoms with Gasteiger partial charge < -0.3 is 9.15 Å². The molecule has 0 aliphatic heterocycles. The molecule has 0 unspecified atom stereocenters. The number of para-hydroxylation sites is 2. The van der Waals surface area contributed by atoms with E-state index in [1.807, 2.05) is 24.3 Å². The molecule has 1 aromatic heterocycles. The summed E-state index contributed by atoms with van der Waals surface area (Å²) in [6.45, 7) is -0.0226. The number of rotatable bonds is 4. The summed E-state index contributed by atoms with van der Waals surface area (Å²) in [6.07, 6.45) is 2.94. The third-order valence-electron chi connectivity index (χ3n) is 3.13. The highest BCUT2D eigenvalue weighted by molar-refractivity contribution is 5.87. The van der Waals surface area contributed by atoms with Crippen molar-refractivity contribution in [2.24, 2.45) is 0 Å². The zero-order chi connectivity index (χ0) is 16.1. The molecule has 1 heterocycles. The van der Waals surface area contributed by atoms with E-state index in [0.717, 1.165) is 11.1 Å². The van der Waals surface area contributed by atoms with Crippen molar-refractivity contribution >= 4 is 23.1 Å². The van der Waals surface area contributed by atoms with Crippen LogP contribution >= 0.6 is 0 Å². The maximum absolute atomic E-state index is 11.7. The number of nitrogens with zero attached hydrogens (tertiary/aromatic N) is 2. The first-order valence-electron chi connectivity index (χ1n) is 6.94. The number of hydrogen-bond acceptors (Lipinski definition) is 5. The molecule has 0 fully saturated rings. The van der Waals surface area contributed by atoms with Gasteiger partial charge in [-0.2, -0.15) is 5.26 Å². The first-order chi connectivity index (χ1) is 11.2. The molecule has 3 aromatic rings. The van der Waals surface area contributed by atoms with Crippen molar-refractivity contribution in [1.82, 2.24) is 4.98 Å². The van der Waals surface area contributed by atoms with Crippen LogP contribution in [0.1, 0.15) is 17.0 Å². The summed E-state index contributed by atoms with van der Waals surface area (Å²) in [5, 5.41) is 8.72. The molecule has 23 heavy (non-hydrogen) atoms. The normalized spacial score (nSPS) is 10.7. The number of fused-ring (bicyclic) bond motifs is 1. The van der Waals surface area contributed by atoms with E-state index >= 15 is 0 Å². The summed E-state index contributed by atoms with van der Waals surface area (Å²) in [5.74, 6) is -0.136. The Morgan fingerprint density at radius 3 is 2.74 bits per heavy atom. The Bertz CT molecular complexity index is 869. The summed E-state index contributed by atoms with van der Waals surface area (Å²) < 4.78 is 10.6. The van der Waals surface area contributed by atoms with Crippen LogP contribution < -0.4 is 0 Å². The van der Waals surface area contributed by atoms with Gasteiger partial charge in [-0.15, -0.1) is 0 Å². The molecule has 0 amide bonds. The molecule has 0 aliphatic rings. The molecule has 0 radical (unpaired) electrons. The van der Waals surface area contributed by atoms with E-state index in [4.69, 9.17) is 14.4 Å². The second-order valence-corrected chi connectivity index (χ2v) is 4.75. The molecular formula is C18H12N2O3. The van der Waals surface area contributed by atoms with Gasteiger partial charge in [0.2, 0.25) is 5.89 Å². The minimum Gasteiger partial charge on any atom is -0.453 e. The average Bonchev–Trinajstić information content (AvgIpc) is 3.01. The number of benzene rings is 2. The maximum atomic E-state index is 11.7. The Morgan fingerprint density at radius 2 is 2.00 bits per heavy atom. The lowest BCUT2D eigenvalue weighted by Gasteiger charge is -1.97. The lowest BCUT2D eigenvalue weighted by molar-refractivity contribution is -0.139. The number of esters is 1. The second kappa shape index (κ2) is 6.58. The summed E-state index contributed by atoms with van der Waals surface area (Å²) in [6, 6.07) is 16.3. The fourth-order valence-electron chi connectivity index (χ4n) is 2.00. The van der Waals surface area contributed by atoms with E-state index in [0.29, 0.717) is 17.0 Å². The quantitative estimate of drug-likeness (QED) is 0.545. The zero-order valence-electron chi connectivity index (χ0n) is 12.1. The third kappa shape index (κ3) is 3.63. The van der Waals surface area contributed by atoms with E-state index in [9.17, 15) is 4.79 Å². The van der Waals surface area contributed by atoms with Gasteiger partial charge in [0.05, 0.1) is 11.6 Å². The zero-order valence-corrected chi connectivity index (χ0v) is 12.1. The number of hydrogen-bond donors (Lipinski definition) is 0. The molecule has 5 heteroatoms.